The van der Waals surface area contributed by atoms with Crippen LogP contribution in [-0.4, -0.2) is 58.1 Å². The molecule has 3 heterocycles. The van der Waals surface area contributed by atoms with E-state index < -0.39 is 0 Å². The fourth-order valence-electron chi connectivity index (χ4n) is 5.19. The molecule has 0 saturated carbocycles. The Hall–Kier alpha value is -2.93. The first-order valence-corrected chi connectivity index (χ1v) is 10.9. The zero-order valence-electron chi connectivity index (χ0n) is 17.3. The van der Waals surface area contributed by atoms with Crippen LogP contribution in [0.1, 0.15) is 41.6 Å². The number of carbonyl (C=O) groups excluding carboxylic acids is 2. The molecule has 2 atom stereocenters. The number of urea groups is 1. The smallest absolute Gasteiger partial charge is 0.324 e. The minimum absolute atomic E-state index is 0.0330. The number of halogens is 1. The largest absolute Gasteiger partial charge is 0.393 e. The molecule has 162 valence electrons. The van der Waals surface area contributed by atoms with E-state index in [0.717, 1.165) is 18.4 Å². The standard InChI is InChI=1S/C24H26FN3O3/c25-18-5-7-19(8-6-18)27-12-11-26(24(27)31)15-16-1-3-17(4-2-16)23(30)28-20-9-10-21(28)14-22(29)13-20/h1-8,20-22,29H,9-15H2. The van der Waals surface area contributed by atoms with E-state index in [0.29, 0.717) is 43.7 Å². The van der Waals surface area contributed by atoms with Gasteiger partial charge in [0.05, 0.1) is 6.10 Å². The number of carbonyl (C=O) groups is 2. The van der Waals surface area contributed by atoms with Crippen molar-refractivity contribution in [2.75, 3.05) is 18.0 Å². The number of rotatable bonds is 4. The summed E-state index contributed by atoms with van der Waals surface area (Å²) in [5.74, 6) is -0.290. The molecule has 3 amide bonds. The molecule has 0 spiro atoms. The van der Waals surface area contributed by atoms with Crippen LogP contribution in [0.25, 0.3) is 0 Å². The second-order valence-electron chi connectivity index (χ2n) is 8.75. The number of piperidine rings is 1. The predicted octanol–water partition coefficient (Wildman–Crippen LogP) is 3.40. The van der Waals surface area contributed by atoms with E-state index >= 15 is 0 Å². The summed E-state index contributed by atoms with van der Waals surface area (Å²) in [5.41, 5.74) is 2.30. The van der Waals surface area contributed by atoms with Crippen LogP contribution in [0.2, 0.25) is 0 Å². The van der Waals surface area contributed by atoms with Crippen LogP contribution in [-0.2, 0) is 6.54 Å². The molecule has 0 radical (unpaired) electrons. The van der Waals surface area contributed by atoms with Gasteiger partial charge in [0.1, 0.15) is 5.82 Å². The first-order valence-electron chi connectivity index (χ1n) is 10.9. The van der Waals surface area contributed by atoms with Gasteiger partial charge < -0.3 is 14.9 Å². The number of hydrogen-bond donors (Lipinski definition) is 1. The second kappa shape index (κ2) is 7.96. The normalized spacial score (nSPS) is 25.4. The summed E-state index contributed by atoms with van der Waals surface area (Å²) < 4.78 is 13.2. The Morgan fingerprint density at radius 2 is 1.61 bits per heavy atom. The van der Waals surface area contributed by atoms with Crippen molar-refractivity contribution in [3.05, 3.63) is 65.5 Å². The van der Waals surface area contributed by atoms with Gasteiger partial charge in [-0.1, -0.05) is 12.1 Å². The minimum Gasteiger partial charge on any atom is -0.393 e. The van der Waals surface area contributed by atoms with Crippen LogP contribution in [0.15, 0.2) is 48.5 Å². The van der Waals surface area contributed by atoms with Gasteiger partial charge in [0.2, 0.25) is 0 Å². The van der Waals surface area contributed by atoms with E-state index in [1.54, 1.807) is 21.9 Å². The average molecular weight is 423 g/mol. The quantitative estimate of drug-likeness (QED) is 0.820. The Morgan fingerprint density at radius 3 is 2.26 bits per heavy atom. The van der Waals surface area contributed by atoms with Crippen LogP contribution in [0.3, 0.4) is 0 Å². The summed E-state index contributed by atoms with van der Waals surface area (Å²) in [6.45, 7) is 1.62. The summed E-state index contributed by atoms with van der Waals surface area (Å²) in [6.07, 6.45) is 2.97. The zero-order chi connectivity index (χ0) is 21.5. The fraction of sp³-hybridized carbons (Fsp3) is 0.417. The number of nitrogens with zero attached hydrogens (tertiary/aromatic N) is 3. The third-order valence-corrected chi connectivity index (χ3v) is 6.75. The molecule has 3 fully saturated rings. The average Bonchev–Trinajstić information content (AvgIpc) is 3.26. The van der Waals surface area contributed by atoms with Crippen LogP contribution in [0.5, 0.6) is 0 Å². The van der Waals surface area contributed by atoms with E-state index in [2.05, 4.69) is 0 Å². The van der Waals surface area contributed by atoms with E-state index in [4.69, 9.17) is 0 Å². The lowest BCUT2D eigenvalue weighted by Gasteiger charge is -2.37. The lowest BCUT2D eigenvalue weighted by atomic mass is 9.98. The topological polar surface area (TPSA) is 64.1 Å². The molecule has 2 bridgehead atoms. The maximum atomic E-state index is 13.2. The van der Waals surface area contributed by atoms with Crippen molar-refractivity contribution in [1.29, 1.82) is 0 Å². The molecule has 0 aromatic heterocycles. The number of hydrogen-bond acceptors (Lipinski definition) is 3. The molecule has 1 N–H and O–H groups in total. The van der Waals surface area contributed by atoms with Crippen LogP contribution in [0, 0.1) is 5.82 Å². The summed E-state index contributed by atoms with van der Waals surface area (Å²) in [4.78, 5) is 31.2. The van der Waals surface area contributed by atoms with Crippen molar-refractivity contribution in [2.45, 2.75) is 50.4 Å². The molecule has 3 saturated heterocycles. The zero-order valence-corrected chi connectivity index (χ0v) is 17.3. The van der Waals surface area contributed by atoms with Crippen molar-refractivity contribution in [3.8, 4) is 0 Å². The van der Waals surface area contributed by atoms with Gasteiger partial charge in [0.25, 0.3) is 5.91 Å². The maximum absolute atomic E-state index is 13.2. The third kappa shape index (κ3) is 3.78. The number of fused-ring (bicyclic) bond motifs is 2. The first-order chi connectivity index (χ1) is 15.0. The van der Waals surface area contributed by atoms with Gasteiger partial charge >= 0.3 is 6.03 Å². The van der Waals surface area contributed by atoms with Gasteiger partial charge in [-0.05, 0) is 67.6 Å². The number of benzene rings is 2. The van der Waals surface area contributed by atoms with Crippen LogP contribution in [0.4, 0.5) is 14.9 Å². The van der Waals surface area contributed by atoms with Gasteiger partial charge in [-0.25, -0.2) is 9.18 Å². The summed E-state index contributed by atoms with van der Waals surface area (Å²) in [6, 6.07) is 13.6. The number of aliphatic hydroxyl groups excluding tert-OH is 1. The van der Waals surface area contributed by atoms with Crippen molar-refractivity contribution in [2.24, 2.45) is 0 Å². The molecule has 0 aliphatic carbocycles. The molecule has 7 heteroatoms. The molecule has 5 rings (SSSR count). The number of amides is 3. The summed E-state index contributed by atoms with van der Waals surface area (Å²) in [5, 5.41) is 9.97. The Labute approximate surface area is 180 Å². The Balaban J connectivity index is 1.23. The molecule has 3 aliphatic heterocycles. The Morgan fingerprint density at radius 1 is 0.968 bits per heavy atom. The molecular weight excluding hydrogens is 397 g/mol. The maximum Gasteiger partial charge on any atom is 0.324 e. The van der Waals surface area contributed by atoms with E-state index in [-0.39, 0.29) is 35.9 Å². The summed E-state index contributed by atoms with van der Waals surface area (Å²) in [7, 11) is 0. The van der Waals surface area contributed by atoms with Crippen molar-refractivity contribution >= 4 is 17.6 Å². The second-order valence-corrected chi connectivity index (χ2v) is 8.75. The Kier molecular flexibility index (Phi) is 5.14. The highest BCUT2D eigenvalue weighted by Gasteiger charge is 2.42. The monoisotopic (exact) mass is 423 g/mol. The highest BCUT2D eigenvalue weighted by molar-refractivity contribution is 5.95. The van der Waals surface area contributed by atoms with E-state index in [1.807, 2.05) is 29.2 Å². The highest BCUT2D eigenvalue weighted by Crippen LogP contribution is 2.36. The van der Waals surface area contributed by atoms with Gasteiger partial charge in [0, 0.05) is 43.0 Å². The van der Waals surface area contributed by atoms with Gasteiger partial charge in [-0.15, -0.1) is 0 Å². The molecule has 2 unspecified atom stereocenters. The lowest BCUT2D eigenvalue weighted by Crippen LogP contribution is -2.48. The predicted molar refractivity (Wildman–Crippen MR) is 114 cm³/mol. The van der Waals surface area contributed by atoms with E-state index in [1.165, 1.54) is 12.1 Å². The molecule has 31 heavy (non-hydrogen) atoms. The molecule has 2 aromatic rings. The summed E-state index contributed by atoms with van der Waals surface area (Å²) >= 11 is 0. The number of aliphatic hydroxyl groups is 1. The molecule has 2 aromatic carbocycles. The van der Waals surface area contributed by atoms with Gasteiger partial charge in [0.15, 0.2) is 0 Å². The van der Waals surface area contributed by atoms with Crippen molar-refractivity contribution < 1.29 is 19.1 Å². The van der Waals surface area contributed by atoms with Gasteiger partial charge in [-0.3, -0.25) is 9.69 Å². The molecule has 6 nitrogen and oxygen atoms in total. The SMILES string of the molecule is O=C1N(Cc2ccc(C(=O)N3C4CCC3CC(O)C4)cc2)CCN1c1ccc(F)cc1. The third-order valence-electron chi connectivity index (χ3n) is 6.75. The number of anilines is 1. The first kappa shape index (κ1) is 20.0. The van der Waals surface area contributed by atoms with Gasteiger partial charge in [-0.2, -0.15) is 0 Å². The van der Waals surface area contributed by atoms with Crippen LogP contribution < -0.4 is 4.90 Å². The van der Waals surface area contributed by atoms with Crippen LogP contribution >= 0.6 is 0 Å². The van der Waals surface area contributed by atoms with Crippen molar-refractivity contribution in [3.63, 3.8) is 0 Å². The van der Waals surface area contributed by atoms with E-state index in [9.17, 15) is 19.1 Å². The van der Waals surface area contributed by atoms with Crippen molar-refractivity contribution in [1.82, 2.24) is 9.80 Å². The Bertz CT molecular complexity index is 965. The lowest BCUT2D eigenvalue weighted by molar-refractivity contribution is 0.0287. The fourth-order valence-corrected chi connectivity index (χ4v) is 5.19. The minimum atomic E-state index is -0.323. The highest BCUT2D eigenvalue weighted by atomic mass is 19.1. The molecular formula is C24H26FN3O3. The molecule has 3 aliphatic rings.